The van der Waals surface area contributed by atoms with Crippen molar-refractivity contribution in [1.29, 1.82) is 0 Å². The molecule has 0 aliphatic carbocycles. The summed E-state index contributed by atoms with van der Waals surface area (Å²) >= 11 is 0. The standard InChI is InChI=1S/C18H21FN4O/c1-20-17(24)15-7-3-5-13(9-15)11-22-18(21-2)23-12-14-6-4-8-16(19)10-14/h3-10H,11-12H2,1-2H3,(H,20,24)(H2,21,22,23). The molecule has 3 N–H and O–H groups in total. The second-order valence-corrected chi connectivity index (χ2v) is 5.19. The normalized spacial score (nSPS) is 11.0. The summed E-state index contributed by atoms with van der Waals surface area (Å²) < 4.78 is 13.2. The molecule has 24 heavy (non-hydrogen) atoms. The molecule has 0 aromatic heterocycles. The minimum Gasteiger partial charge on any atom is -0.355 e. The molecule has 0 atom stereocenters. The number of aliphatic imine (C=N–C) groups is 1. The second kappa shape index (κ2) is 8.67. The molecule has 0 radical (unpaired) electrons. The minimum atomic E-state index is -0.261. The van der Waals surface area contributed by atoms with Crippen molar-refractivity contribution in [1.82, 2.24) is 16.0 Å². The van der Waals surface area contributed by atoms with Gasteiger partial charge in [0.15, 0.2) is 5.96 Å². The van der Waals surface area contributed by atoms with E-state index in [0.717, 1.165) is 11.1 Å². The molecule has 2 aromatic rings. The summed E-state index contributed by atoms with van der Waals surface area (Å²) in [7, 11) is 3.27. The number of halogens is 1. The number of carbonyl (C=O) groups excluding carboxylic acids is 1. The van der Waals surface area contributed by atoms with Gasteiger partial charge in [0.2, 0.25) is 0 Å². The summed E-state index contributed by atoms with van der Waals surface area (Å²) in [5.74, 6) is 0.221. The fourth-order valence-corrected chi connectivity index (χ4v) is 2.21. The van der Waals surface area contributed by atoms with Crippen LogP contribution in [0.1, 0.15) is 21.5 Å². The fourth-order valence-electron chi connectivity index (χ4n) is 2.21. The van der Waals surface area contributed by atoms with Crippen LogP contribution in [0.3, 0.4) is 0 Å². The molecule has 2 aromatic carbocycles. The van der Waals surface area contributed by atoms with Crippen LogP contribution in [-0.4, -0.2) is 26.0 Å². The van der Waals surface area contributed by atoms with Crippen molar-refractivity contribution in [3.05, 3.63) is 71.0 Å². The third kappa shape index (κ3) is 5.08. The van der Waals surface area contributed by atoms with E-state index in [1.807, 2.05) is 24.3 Å². The van der Waals surface area contributed by atoms with Gasteiger partial charge >= 0.3 is 0 Å². The van der Waals surface area contributed by atoms with E-state index < -0.39 is 0 Å². The first-order chi connectivity index (χ1) is 11.6. The zero-order valence-corrected chi connectivity index (χ0v) is 13.8. The molecule has 6 heteroatoms. The number of amides is 1. The SMILES string of the molecule is CN=C(NCc1cccc(F)c1)NCc1cccc(C(=O)NC)c1. The van der Waals surface area contributed by atoms with Crippen molar-refractivity contribution in [2.24, 2.45) is 4.99 Å². The van der Waals surface area contributed by atoms with E-state index in [-0.39, 0.29) is 11.7 Å². The highest BCUT2D eigenvalue weighted by molar-refractivity contribution is 5.94. The van der Waals surface area contributed by atoms with Gasteiger partial charge in [0.1, 0.15) is 5.82 Å². The third-order valence-electron chi connectivity index (χ3n) is 3.45. The Hall–Kier alpha value is -2.89. The van der Waals surface area contributed by atoms with Crippen LogP contribution in [0.5, 0.6) is 0 Å². The number of rotatable bonds is 5. The predicted octanol–water partition coefficient (Wildman–Crippen LogP) is 2.05. The smallest absolute Gasteiger partial charge is 0.251 e. The maximum atomic E-state index is 13.2. The molecule has 0 saturated carbocycles. The van der Waals surface area contributed by atoms with Crippen LogP contribution in [0.25, 0.3) is 0 Å². The lowest BCUT2D eigenvalue weighted by Crippen LogP contribution is -2.36. The second-order valence-electron chi connectivity index (χ2n) is 5.19. The van der Waals surface area contributed by atoms with Gasteiger partial charge in [-0.3, -0.25) is 9.79 Å². The monoisotopic (exact) mass is 328 g/mol. The van der Waals surface area contributed by atoms with E-state index in [9.17, 15) is 9.18 Å². The van der Waals surface area contributed by atoms with Gasteiger partial charge in [-0.05, 0) is 35.4 Å². The number of hydrogen-bond acceptors (Lipinski definition) is 2. The maximum absolute atomic E-state index is 13.2. The zero-order chi connectivity index (χ0) is 17.4. The van der Waals surface area contributed by atoms with E-state index >= 15 is 0 Å². The molecule has 0 saturated heterocycles. The Kier molecular flexibility index (Phi) is 6.31. The van der Waals surface area contributed by atoms with Crippen molar-refractivity contribution >= 4 is 11.9 Å². The van der Waals surface area contributed by atoms with E-state index in [2.05, 4.69) is 20.9 Å². The molecule has 0 aliphatic rings. The summed E-state index contributed by atoms with van der Waals surface area (Å²) in [5, 5.41) is 8.89. The van der Waals surface area contributed by atoms with Gasteiger partial charge in [0, 0.05) is 32.7 Å². The molecule has 0 spiro atoms. The fraction of sp³-hybridized carbons (Fsp3) is 0.222. The van der Waals surface area contributed by atoms with Gasteiger partial charge in [-0.1, -0.05) is 24.3 Å². The Bertz CT molecular complexity index is 730. The van der Waals surface area contributed by atoms with Crippen molar-refractivity contribution in [3.63, 3.8) is 0 Å². The molecule has 0 fully saturated rings. The maximum Gasteiger partial charge on any atom is 0.251 e. The molecule has 126 valence electrons. The topological polar surface area (TPSA) is 65.5 Å². The molecule has 5 nitrogen and oxygen atoms in total. The van der Waals surface area contributed by atoms with Gasteiger partial charge in [-0.25, -0.2) is 4.39 Å². The van der Waals surface area contributed by atoms with Gasteiger partial charge in [0.05, 0.1) is 0 Å². The van der Waals surface area contributed by atoms with E-state index in [0.29, 0.717) is 24.6 Å². The summed E-state index contributed by atoms with van der Waals surface area (Å²) in [6, 6.07) is 13.8. The lowest BCUT2D eigenvalue weighted by Gasteiger charge is -2.12. The van der Waals surface area contributed by atoms with E-state index in [4.69, 9.17) is 0 Å². The Morgan fingerprint density at radius 3 is 2.25 bits per heavy atom. The number of benzene rings is 2. The van der Waals surface area contributed by atoms with Gasteiger partial charge < -0.3 is 16.0 Å². The Morgan fingerprint density at radius 2 is 1.67 bits per heavy atom. The first-order valence-electron chi connectivity index (χ1n) is 7.62. The number of guanidine groups is 1. The summed E-state index contributed by atoms with van der Waals surface area (Å²) in [4.78, 5) is 15.8. The highest BCUT2D eigenvalue weighted by Gasteiger charge is 2.04. The van der Waals surface area contributed by atoms with Crippen LogP contribution in [0.2, 0.25) is 0 Å². The summed E-state index contributed by atoms with van der Waals surface area (Å²) in [6.45, 7) is 0.989. The van der Waals surface area contributed by atoms with Crippen molar-refractivity contribution < 1.29 is 9.18 Å². The van der Waals surface area contributed by atoms with E-state index in [1.54, 1.807) is 26.2 Å². The van der Waals surface area contributed by atoms with Crippen LogP contribution in [0.15, 0.2) is 53.5 Å². The van der Waals surface area contributed by atoms with Crippen LogP contribution in [-0.2, 0) is 13.1 Å². The van der Waals surface area contributed by atoms with E-state index in [1.165, 1.54) is 12.1 Å². The lowest BCUT2D eigenvalue weighted by molar-refractivity contribution is 0.0963. The number of carbonyl (C=O) groups is 1. The first-order valence-corrected chi connectivity index (χ1v) is 7.62. The van der Waals surface area contributed by atoms with Crippen LogP contribution in [0, 0.1) is 5.82 Å². The zero-order valence-electron chi connectivity index (χ0n) is 13.8. The molecule has 0 unspecified atom stereocenters. The average molecular weight is 328 g/mol. The molecule has 2 rings (SSSR count). The van der Waals surface area contributed by atoms with Gasteiger partial charge in [-0.15, -0.1) is 0 Å². The number of nitrogens with one attached hydrogen (secondary N) is 3. The Balaban J connectivity index is 1.91. The Labute approximate surface area is 141 Å². The number of hydrogen-bond donors (Lipinski definition) is 3. The molecule has 0 aliphatic heterocycles. The Morgan fingerprint density at radius 1 is 1.04 bits per heavy atom. The molecular formula is C18H21FN4O. The largest absolute Gasteiger partial charge is 0.355 e. The van der Waals surface area contributed by atoms with Crippen molar-refractivity contribution in [2.45, 2.75) is 13.1 Å². The van der Waals surface area contributed by atoms with Crippen LogP contribution >= 0.6 is 0 Å². The lowest BCUT2D eigenvalue weighted by atomic mass is 10.1. The summed E-state index contributed by atoms with van der Waals surface area (Å²) in [6.07, 6.45) is 0. The molecule has 0 bridgehead atoms. The predicted molar refractivity (Wildman–Crippen MR) is 93.3 cm³/mol. The average Bonchev–Trinajstić information content (AvgIpc) is 2.61. The highest BCUT2D eigenvalue weighted by atomic mass is 19.1. The summed E-state index contributed by atoms with van der Waals surface area (Å²) in [5.41, 5.74) is 2.41. The van der Waals surface area contributed by atoms with Gasteiger partial charge in [-0.2, -0.15) is 0 Å². The minimum absolute atomic E-state index is 0.120. The number of nitrogens with zero attached hydrogens (tertiary/aromatic N) is 1. The first kappa shape index (κ1) is 17.5. The molecule has 1 amide bonds. The quantitative estimate of drug-likeness (QED) is 0.581. The van der Waals surface area contributed by atoms with Crippen molar-refractivity contribution in [3.8, 4) is 0 Å². The molecular weight excluding hydrogens is 307 g/mol. The highest BCUT2D eigenvalue weighted by Crippen LogP contribution is 2.05. The van der Waals surface area contributed by atoms with Gasteiger partial charge in [0.25, 0.3) is 5.91 Å². The van der Waals surface area contributed by atoms with Crippen LogP contribution < -0.4 is 16.0 Å². The van der Waals surface area contributed by atoms with Crippen molar-refractivity contribution in [2.75, 3.05) is 14.1 Å². The molecule has 0 heterocycles. The van der Waals surface area contributed by atoms with Crippen LogP contribution in [0.4, 0.5) is 4.39 Å². The third-order valence-corrected chi connectivity index (χ3v) is 3.45.